The van der Waals surface area contributed by atoms with Crippen molar-refractivity contribution in [1.29, 1.82) is 0 Å². The zero-order chi connectivity index (χ0) is 13.8. The van der Waals surface area contributed by atoms with Gasteiger partial charge in [0.25, 0.3) is 0 Å². The number of aromatic carboxylic acids is 1. The highest BCUT2D eigenvalue weighted by Gasteiger charge is 2.22. The second-order valence-electron chi connectivity index (χ2n) is 4.64. The first kappa shape index (κ1) is 14.1. The zero-order valence-electron chi connectivity index (χ0n) is 11.0. The van der Waals surface area contributed by atoms with Crippen molar-refractivity contribution in [3.05, 3.63) is 22.8 Å². The number of pyridine rings is 1. The molecule has 0 spiro atoms. The number of hydrogen-bond acceptors (Lipinski definition) is 4. The lowest BCUT2D eigenvalue weighted by atomic mass is 10.2. The van der Waals surface area contributed by atoms with Crippen molar-refractivity contribution < 1.29 is 9.90 Å². The van der Waals surface area contributed by atoms with Crippen molar-refractivity contribution in [3.63, 3.8) is 0 Å². The predicted octanol–water partition coefficient (Wildman–Crippen LogP) is 1.97. The van der Waals surface area contributed by atoms with Crippen LogP contribution in [0.5, 0.6) is 0 Å². The predicted molar refractivity (Wildman–Crippen MR) is 75.2 cm³/mol. The lowest BCUT2D eigenvalue weighted by molar-refractivity contribution is 0.0697. The van der Waals surface area contributed by atoms with Crippen LogP contribution in [0, 0.1) is 0 Å². The fourth-order valence-corrected chi connectivity index (χ4v) is 2.48. The number of anilines is 1. The van der Waals surface area contributed by atoms with Gasteiger partial charge in [0, 0.05) is 26.2 Å². The maximum absolute atomic E-state index is 11.2. The normalized spacial score (nSPS) is 16.6. The standard InChI is InChI=1S/C13H18ClN3O2/c1-2-5-16-6-8-17(9-7-16)12-10(13(18)19)3-4-11(14)15-12/h3-4H,2,5-9H2,1H3,(H,18,19). The molecule has 1 fully saturated rings. The molecule has 1 aliphatic heterocycles. The van der Waals surface area contributed by atoms with Gasteiger partial charge in [-0.2, -0.15) is 0 Å². The van der Waals surface area contributed by atoms with Crippen molar-refractivity contribution in [2.45, 2.75) is 13.3 Å². The second-order valence-corrected chi connectivity index (χ2v) is 5.03. The van der Waals surface area contributed by atoms with Gasteiger partial charge >= 0.3 is 5.97 Å². The van der Waals surface area contributed by atoms with Crippen LogP contribution in [0.4, 0.5) is 5.82 Å². The third-order valence-electron chi connectivity index (χ3n) is 3.28. The molecule has 0 radical (unpaired) electrons. The Labute approximate surface area is 117 Å². The van der Waals surface area contributed by atoms with Crippen molar-refractivity contribution >= 4 is 23.4 Å². The molecular formula is C13H18ClN3O2. The Hall–Kier alpha value is -1.33. The minimum Gasteiger partial charge on any atom is -0.478 e. The molecular weight excluding hydrogens is 266 g/mol. The summed E-state index contributed by atoms with van der Waals surface area (Å²) in [5.41, 5.74) is 0.216. The fourth-order valence-electron chi connectivity index (χ4n) is 2.33. The highest BCUT2D eigenvalue weighted by molar-refractivity contribution is 6.29. The fraction of sp³-hybridized carbons (Fsp3) is 0.538. The van der Waals surface area contributed by atoms with E-state index in [0.717, 1.165) is 39.1 Å². The maximum Gasteiger partial charge on any atom is 0.339 e. The van der Waals surface area contributed by atoms with E-state index in [1.165, 1.54) is 12.1 Å². The number of aromatic nitrogens is 1. The molecule has 2 rings (SSSR count). The van der Waals surface area contributed by atoms with Gasteiger partial charge in [-0.05, 0) is 25.1 Å². The Kier molecular flexibility index (Phi) is 4.61. The molecule has 0 amide bonds. The number of hydrogen-bond donors (Lipinski definition) is 1. The smallest absolute Gasteiger partial charge is 0.339 e. The van der Waals surface area contributed by atoms with Crippen LogP contribution < -0.4 is 4.90 Å². The van der Waals surface area contributed by atoms with Crippen LogP contribution in [0.25, 0.3) is 0 Å². The number of halogens is 1. The van der Waals surface area contributed by atoms with Crippen LogP contribution in [0.1, 0.15) is 23.7 Å². The van der Waals surface area contributed by atoms with E-state index in [1.54, 1.807) is 0 Å². The average Bonchev–Trinajstić information content (AvgIpc) is 2.39. The van der Waals surface area contributed by atoms with E-state index >= 15 is 0 Å². The first-order chi connectivity index (χ1) is 9.11. The summed E-state index contributed by atoms with van der Waals surface area (Å²) in [4.78, 5) is 19.8. The van der Waals surface area contributed by atoms with Gasteiger partial charge < -0.3 is 10.0 Å². The lowest BCUT2D eigenvalue weighted by Crippen LogP contribution is -2.47. The Morgan fingerprint density at radius 2 is 2.05 bits per heavy atom. The van der Waals surface area contributed by atoms with Crippen molar-refractivity contribution in [1.82, 2.24) is 9.88 Å². The minimum absolute atomic E-state index is 0.216. The largest absolute Gasteiger partial charge is 0.478 e. The molecule has 1 aromatic rings. The number of carbonyl (C=O) groups is 1. The number of piperazine rings is 1. The number of carboxylic acids is 1. The Morgan fingerprint density at radius 1 is 1.37 bits per heavy atom. The molecule has 0 saturated carbocycles. The third kappa shape index (κ3) is 3.36. The first-order valence-corrected chi connectivity index (χ1v) is 6.86. The molecule has 1 aromatic heterocycles. The van der Waals surface area contributed by atoms with Crippen LogP contribution in [-0.4, -0.2) is 53.7 Å². The van der Waals surface area contributed by atoms with Gasteiger partial charge in [-0.25, -0.2) is 9.78 Å². The molecule has 104 valence electrons. The van der Waals surface area contributed by atoms with Gasteiger partial charge in [-0.1, -0.05) is 18.5 Å². The average molecular weight is 284 g/mol. The van der Waals surface area contributed by atoms with Gasteiger partial charge in [0.1, 0.15) is 16.5 Å². The van der Waals surface area contributed by atoms with E-state index in [-0.39, 0.29) is 5.56 Å². The van der Waals surface area contributed by atoms with E-state index in [0.29, 0.717) is 11.0 Å². The summed E-state index contributed by atoms with van der Waals surface area (Å²) >= 11 is 5.88. The molecule has 1 aliphatic rings. The summed E-state index contributed by atoms with van der Waals surface area (Å²) < 4.78 is 0. The highest BCUT2D eigenvalue weighted by Crippen LogP contribution is 2.22. The van der Waals surface area contributed by atoms with E-state index in [1.807, 2.05) is 4.90 Å². The molecule has 0 bridgehead atoms. The van der Waals surface area contributed by atoms with Crippen molar-refractivity contribution in [3.8, 4) is 0 Å². The van der Waals surface area contributed by atoms with E-state index in [9.17, 15) is 9.90 Å². The van der Waals surface area contributed by atoms with E-state index in [2.05, 4.69) is 16.8 Å². The number of rotatable bonds is 4. The SMILES string of the molecule is CCCN1CCN(c2nc(Cl)ccc2C(=O)O)CC1. The number of carboxylic acid groups (broad SMARTS) is 1. The Balaban J connectivity index is 2.14. The zero-order valence-corrected chi connectivity index (χ0v) is 11.7. The van der Waals surface area contributed by atoms with Gasteiger partial charge in [0.05, 0.1) is 0 Å². The minimum atomic E-state index is -0.963. The van der Waals surface area contributed by atoms with Gasteiger partial charge in [0.2, 0.25) is 0 Å². The van der Waals surface area contributed by atoms with Crippen LogP contribution >= 0.6 is 11.6 Å². The van der Waals surface area contributed by atoms with Gasteiger partial charge in [0.15, 0.2) is 0 Å². The molecule has 0 aromatic carbocycles. The van der Waals surface area contributed by atoms with Crippen LogP contribution in [0.3, 0.4) is 0 Å². The summed E-state index contributed by atoms with van der Waals surface area (Å²) in [6, 6.07) is 3.03. The van der Waals surface area contributed by atoms with Crippen LogP contribution in [-0.2, 0) is 0 Å². The van der Waals surface area contributed by atoms with E-state index < -0.39 is 5.97 Å². The van der Waals surface area contributed by atoms with Crippen LogP contribution in [0.2, 0.25) is 5.15 Å². The maximum atomic E-state index is 11.2. The Bertz CT molecular complexity index is 459. The molecule has 5 nitrogen and oxygen atoms in total. The van der Waals surface area contributed by atoms with Crippen molar-refractivity contribution in [2.24, 2.45) is 0 Å². The molecule has 6 heteroatoms. The summed E-state index contributed by atoms with van der Waals surface area (Å²) in [7, 11) is 0. The van der Waals surface area contributed by atoms with Crippen molar-refractivity contribution in [2.75, 3.05) is 37.6 Å². The summed E-state index contributed by atoms with van der Waals surface area (Å²) in [6.45, 7) is 6.68. The molecule has 0 atom stereocenters. The van der Waals surface area contributed by atoms with Crippen LogP contribution in [0.15, 0.2) is 12.1 Å². The second kappa shape index (κ2) is 6.21. The van der Waals surface area contributed by atoms with Gasteiger partial charge in [-0.3, -0.25) is 4.90 Å². The molecule has 2 heterocycles. The summed E-state index contributed by atoms with van der Waals surface area (Å²) in [6.07, 6.45) is 1.13. The molecule has 0 aliphatic carbocycles. The summed E-state index contributed by atoms with van der Waals surface area (Å²) in [5.74, 6) is -0.480. The molecule has 19 heavy (non-hydrogen) atoms. The highest BCUT2D eigenvalue weighted by atomic mass is 35.5. The quantitative estimate of drug-likeness (QED) is 0.856. The molecule has 1 N–H and O–H groups in total. The Morgan fingerprint density at radius 3 is 2.63 bits per heavy atom. The van der Waals surface area contributed by atoms with Gasteiger partial charge in [-0.15, -0.1) is 0 Å². The molecule has 0 unspecified atom stereocenters. The third-order valence-corrected chi connectivity index (χ3v) is 3.49. The topological polar surface area (TPSA) is 56.7 Å². The monoisotopic (exact) mass is 283 g/mol. The first-order valence-electron chi connectivity index (χ1n) is 6.49. The lowest BCUT2D eigenvalue weighted by Gasteiger charge is -2.35. The summed E-state index contributed by atoms with van der Waals surface area (Å²) in [5, 5.41) is 9.53. The molecule has 1 saturated heterocycles. The number of nitrogens with zero attached hydrogens (tertiary/aromatic N) is 3. The van der Waals surface area contributed by atoms with E-state index in [4.69, 9.17) is 11.6 Å².